The van der Waals surface area contributed by atoms with Crippen molar-refractivity contribution in [1.29, 1.82) is 0 Å². The molecule has 0 aromatic rings. The van der Waals surface area contributed by atoms with Gasteiger partial charge in [0, 0.05) is 32.5 Å². The molecule has 0 radical (unpaired) electrons. The monoisotopic (exact) mass is 594 g/mol. The van der Waals surface area contributed by atoms with Gasteiger partial charge in [-0.25, -0.2) is 0 Å². The van der Waals surface area contributed by atoms with Gasteiger partial charge < -0.3 is 16.0 Å². The van der Waals surface area contributed by atoms with E-state index >= 15 is 0 Å². The van der Waals surface area contributed by atoms with Crippen LogP contribution in [0.5, 0.6) is 0 Å². The quantitative estimate of drug-likeness (QED) is 0.0943. The largest absolute Gasteiger partial charge is 0.356 e. The second-order valence-corrected chi connectivity index (χ2v) is 13.7. The molecule has 0 bridgehead atoms. The van der Waals surface area contributed by atoms with Crippen LogP contribution in [0.2, 0.25) is 0 Å². The van der Waals surface area contributed by atoms with Crippen molar-refractivity contribution < 1.29 is 14.4 Å². The molecule has 0 aliphatic heterocycles. The summed E-state index contributed by atoms with van der Waals surface area (Å²) in [6.07, 6.45) is 14.0. The number of hydrogen-bond acceptors (Lipinski definition) is 3. The fraction of sp³-hybridized carbons (Fsp3) is 0.917. The van der Waals surface area contributed by atoms with Gasteiger partial charge in [0.15, 0.2) is 0 Å². The molecule has 6 unspecified atom stereocenters. The Labute approximate surface area is 261 Å². The van der Waals surface area contributed by atoms with Crippen LogP contribution in [0.15, 0.2) is 0 Å². The molecule has 0 heterocycles. The molecular formula is C36H71N3O3. The van der Waals surface area contributed by atoms with E-state index in [0.29, 0.717) is 55.1 Å². The maximum atomic E-state index is 13.3. The van der Waals surface area contributed by atoms with Crippen LogP contribution in [0.3, 0.4) is 0 Å². The Bertz CT molecular complexity index is 673. The molecule has 248 valence electrons. The summed E-state index contributed by atoms with van der Waals surface area (Å²) in [5.41, 5.74) is 0. The molecule has 0 spiro atoms. The highest BCUT2D eigenvalue weighted by Crippen LogP contribution is 2.22. The Kier molecular flexibility index (Phi) is 23.9. The van der Waals surface area contributed by atoms with Crippen molar-refractivity contribution in [3.8, 4) is 0 Å². The highest BCUT2D eigenvalue weighted by molar-refractivity contribution is 5.90. The van der Waals surface area contributed by atoms with Crippen LogP contribution in [-0.4, -0.2) is 37.4 Å². The van der Waals surface area contributed by atoms with Crippen LogP contribution in [0.1, 0.15) is 152 Å². The van der Waals surface area contributed by atoms with Crippen molar-refractivity contribution >= 4 is 17.7 Å². The predicted molar refractivity (Wildman–Crippen MR) is 179 cm³/mol. The van der Waals surface area contributed by atoms with Crippen molar-refractivity contribution in [2.24, 2.45) is 41.4 Å². The first-order chi connectivity index (χ1) is 20.0. The number of rotatable bonds is 26. The lowest BCUT2D eigenvalue weighted by atomic mass is 9.89. The zero-order valence-corrected chi connectivity index (χ0v) is 29.3. The number of nitrogens with one attached hydrogen (secondary N) is 3. The van der Waals surface area contributed by atoms with E-state index in [4.69, 9.17) is 0 Å². The lowest BCUT2D eigenvalue weighted by Crippen LogP contribution is -2.40. The van der Waals surface area contributed by atoms with Gasteiger partial charge >= 0.3 is 0 Å². The lowest BCUT2D eigenvalue weighted by molar-refractivity contribution is -0.133. The van der Waals surface area contributed by atoms with E-state index < -0.39 is 5.92 Å². The molecule has 42 heavy (non-hydrogen) atoms. The second-order valence-electron chi connectivity index (χ2n) is 13.7. The molecule has 0 aromatic heterocycles. The fourth-order valence-electron chi connectivity index (χ4n) is 6.49. The molecule has 0 fully saturated rings. The third-order valence-electron chi connectivity index (χ3n) is 9.18. The van der Waals surface area contributed by atoms with Gasteiger partial charge in [0.05, 0.1) is 5.92 Å². The second kappa shape index (κ2) is 24.8. The lowest BCUT2D eigenvalue weighted by Gasteiger charge is -2.23. The highest BCUT2D eigenvalue weighted by atomic mass is 16.2. The zero-order valence-electron chi connectivity index (χ0n) is 29.3. The van der Waals surface area contributed by atoms with Gasteiger partial charge in [0.2, 0.25) is 17.7 Å². The summed E-state index contributed by atoms with van der Waals surface area (Å²) < 4.78 is 0. The SMILES string of the molecule is CCCC(CC)CC(C)CNC(=O)CC(CC(=O)NCC(C)CC(CC)CCC)C(=O)NCC(C)CC(CC)CCC. The standard InChI is InChI=1S/C36H71N3O3/c1-10-16-30(13-4)19-27(7)24-37-34(40)22-33(36(42)39-26-29(9)21-32(15-6)18-12-3)23-35(41)38-25-28(8)20-31(14-5)17-11-2/h27-33H,10-26H2,1-9H3,(H,37,40)(H,38,41)(H,39,42). The molecule has 0 aliphatic rings. The average Bonchev–Trinajstić information content (AvgIpc) is 2.96. The van der Waals surface area contributed by atoms with Gasteiger partial charge in [-0.3, -0.25) is 14.4 Å². The highest BCUT2D eigenvalue weighted by Gasteiger charge is 2.26. The molecular weight excluding hydrogens is 522 g/mol. The van der Waals surface area contributed by atoms with Crippen LogP contribution < -0.4 is 16.0 Å². The molecule has 0 aliphatic carbocycles. The Morgan fingerprint density at radius 1 is 0.500 bits per heavy atom. The van der Waals surface area contributed by atoms with Gasteiger partial charge in [-0.2, -0.15) is 0 Å². The summed E-state index contributed by atoms with van der Waals surface area (Å²) in [6, 6.07) is 0. The van der Waals surface area contributed by atoms with Gasteiger partial charge in [-0.05, 0) is 54.8 Å². The fourth-order valence-corrected chi connectivity index (χ4v) is 6.49. The molecule has 6 nitrogen and oxygen atoms in total. The minimum atomic E-state index is -0.660. The summed E-state index contributed by atoms with van der Waals surface area (Å²) in [7, 11) is 0. The van der Waals surface area contributed by atoms with Gasteiger partial charge in [0.25, 0.3) is 0 Å². The van der Waals surface area contributed by atoms with Crippen LogP contribution in [0, 0.1) is 41.4 Å². The maximum absolute atomic E-state index is 13.3. The van der Waals surface area contributed by atoms with E-state index in [-0.39, 0.29) is 30.6 Å². The Balaban J connectivity index is 5.15. The number of hydrogen-bond donors (Lipinski definition) is 3. The first-order valence-corrected chi connectivity index (χ1v) is 17.8. The third-order valence-corrected chi connectivity index (χ3v) is 9.18. The van der Waals surface area contributed by atoms with E-state index in [2.05, 4.69) is 78.3 Å². The normalized spacial score (nSPS) is 16.5. The van der Waals surface area contributed by atoms with E-state index in [1.54, 1.807) is 0 Å². The average molecular weight is 594 g/mol. The molecule has 3 amide bonds. The molecule has 0 saturated carbocycles. The van der Waals surface area contributed by atoms with Crippen molar-refractivity contribution in [3.05, 3.63) is 0 Å². The summed E-state index contributed by atoms with van der Waals surface area (Å²) in [5, 5.41) is 9.22. The van der Waals surface area contributed by atoms with Crippen molar-refractivity contribution in [3.63, 3.8) is 0 Å². The zero-order chi connectivity index (χ0) is 31.9. The summed E-state index contributed by atoms with van der Waals surface area (Å²) >= 11 is 0. The molecule has 6 atom stereocenters. The van der Waals surface area contributed by atoms with Crippen LogP contribution in [0.25, 0.3) is 0 Å². The number of amides is 3. The smallest absolute Gasteiger partial charge is 0.224 e. The first-order valence-electron chi connectivity index (χ1n) is 17.8. The molecule has 0 rings (SSSR count). The Hall–Kier alpha value is -1.59. The molecule has 0 saturated heterocycles. The van der Waals surface area contributed by atoms with E-state index in [1.807, 2.05) is 0 Å². The van der Waals surface area contributed by atoms with E-state index in [9.17, 15) is 14.4 Å². The van der Waals surface area contributed by atoms with Crippen molar-refractivity contribution in [2.75, 3.05) is 19.6 Å². The minimum Gasteiger partial charge on any atom is -0.356 e. The van der Waals surface area contributed by atoms with Crippen molar-refractivity contribution in [1.82, 2.24) is 16.0 Å². The number of carbonyl (C=O) groups is 3. The Morgan fingerprint density at radius 2 is 0.810 bits per heavy atom. The molecule has 6 heteroatoms. The Morgan fingerprint density at radius 3 is 1.10 bits per heavy atom. The summed E-state index contributed by atoms with van der Waals surface area (Å²) in [4.78, 5) is 39.3. The maximum Gasteiger partial charge on any atom is 0.224 e. The van der Waals surface area contributed by atoms with Crippen molar-refractivity contribution in [2.45, 2.75) is 152 Å². The van der Waals surface area contributed by atoms with Gasteiger partial charge in [-0.1, -0.05) is 120 Å². The molecule has 0 aromatic carbocycles. The topological polar surface area (TPSA) is 87.3 Å². The van der Waals surface area contributed by atoms with Gasteiger partial charge in [-0.15, -0.1) is 0 Å². The predicted octanol–water partition coefficient (Wildman–Crippen LogP) is 8.29. The van der Waals surface area contributed by atoms with E-state index in [1.165, 1.54) is 38.5 Å². The first kappa shape index (κ1) is 40.4. The summed E-state index contributed by atoms with van der Waals surface area (Å²) in [5.74, 6) is 2.06. The summed E-state index contributed by atoms with van der Waals surface area (Å²) in [6.45, 7) is 21.7. The molecule has 3 N–H and O–H groups in total. The van der Waals surface area contributed by atoms with Crippen LogP contribution in [-0.2, 0) is 14.4 Å². The third kappa shape index (κ3) is 19.6. The number of carbonyl (C=O) groups excluding carboxylic acids is 3. The van der Waals surface area contributed by atoms with Gasteiger partial charge in [0.1, 0.15) is 0 Å². The van der Waals surface area contributed by atoms with E-state index in [0.717, 1.165) is 38.5 Å². The van der Waals surface area contributed by atoms with Crippen LogP contribution >= 0.6 is 0 Å². The van der Waals surface area contributed by atoms with Crippen LogP contribution in [0.4, 0.5) is 0 Å². The minimum absolute atomic E-state index is 0.0455.